The van der Waals surface area contributed by atoms with Crippen LogP contribution < -0.4 is 25.6 Å². The number of hydrogen-bond donors (Lipinski definition) is 5. The zero-order chi connectivity index (χ0) is 103. The van der Waals surface area contributed by atoms with Crippen LogP contribution in [0, 0.1) is 179 Å². The molecule has 13 rings (SSSR count). The van der Waals surface area contributed by atoms with Gasteiger partial charge in [0.2, 0.25) is 11.4 Å². The third-order valence-corrected chi connectivity index (χ3v) is 19.2. The third kappa shape index (κ3) is 27.7. The van der Waals surface area contributed by atoms with Crippen molar-refractivity contribution in [2.24, 2.45) is 0 Å². The number of nitrogens with zero attached hydrogens (tertiary/aromatic N) is 17. The molecule has 13 aromatic carbocycles. The van der Waals surface area contributed by atoms with E-state index >= 15 is 0 Å². The molecule has 0 bridgehead atoms. The average Bonchev–Trinajstić information content (AvgIpc) is 0.761. The van der Waals surface area contributed by atoms with E-state index in [1.807, 2.05) is 62.4 Å². The maximum atomic E-state index is 12.2. The summed E-state index contributed by atoms with van der Waals surface area (Å²) in [6, 6.07) is 58.7. The number of nitrogens with two attached hydrogens (primary N) is 1. The van der Waals surface area contributed by atoms with Gasteiger partial charge in [0, 0.05) is 21.5 Å². The van der Waals surface area contributed by atoms with Crippen LogP contribution in [0.2, 0.25) is 10.0 Å². The topological polar surface area (TPSA) is 762 Å². The highest BCUT2D eigenvalue weighted by atomic mass is 79.9. The summed E-state index contributed by atoms with van der Waals surface area (Å²) in [5.74, 6) is -1.43. The molecule has 0 radical (unpaired) electrons. The maximum absolute atomic E-state index is 12.2. The Labute approximate surface area is 786 Å². The first-order valence-corrected chi connectivity index (χ1v) is 39.0. The van der Waals surface area contributed by atoms with Crippen LogP contribution in [-0.2, 0) is 0 Å². The summed E-state index contributed by atoms with van der Waals surface area (Å²) >= 11 is 14.1. The molecule has 0 aliphatic carbocycles. The van der Waals surface area contributed by atoms with Crippen molar-refractivity contribution >= 4 is 176 Å². The Morgan fingerprint density at radius 1 is 0.297 bits per heavy atom. The number of phenols is 3. The van der Waals surface area contributed by atoms with E-state index in [2.05, 4.69) is 40.3 Å². The highest BCUT2D eigenvalue weighted by Gasteiger charge is 2.41. The molecule has 0 atom stereocenters. The molecule has 0 amide bonds. The number of nitro groups is 15. The smallest absolute Gasteiger partial charge is 0.325 e. The van der Waals surface area contributed by atoms with E-state index in [1.165, 1.54) is 71.8 Å². The molecule has 0 spiro atoms. The van der Waals surface area contributed by atoms with E-state index < -0.39 is 192 Å². The molecule has 13 aromatic rings. The van der Waals surface area contributed by atoms with Crippen LogP contribution in [0.1, 0.15) is 22.3 Å². The van der Waals surface area contributed by atoms with E-state index in [-0.39, 0.29) is 40.0 Å². The Bertz CT molecular complexity index is 6670. The molecule has 0 heterocycles. The molecule has 138 heavy (non-hydrogen) atoms. The Morgan fingerprint density at radius 3 is 0.833 bits per heavy atom. The normalized spacial score (nSPS) is 10.1. The lowest BCUT2D eigenvalue weighted by molar-refractivity contribution is -0.404. The van der Waals surface area contributed by atoms with Gasteiger partial charge in [-0.15, -0.1) is 0 Å². The molecule has 53 nitrogen and oxygen atoms in total. The first-order valence-electron chi connectivity index (χ1n) is 37.5. The Kier molecular flexibility index (Phi) is 36.1. The number of phenolic OH excluding ortho intramolecular Hbond substituents is 3. The number of anilines is 9. The van der Waals surface area contributed by atoms with Gasteiger partial charge in [-0.05, 0) is 125 Å². The molecular formula is C82H60BrCl2N19O34. The van der Waals surface area contributed by atoms with Crippen LogP contribution in [0.4, 0.5) is 136 Å². The fourth-order valence-corrected chi connectivity index (χ4v) is 12.2. The van der Waals surface area contributed by atoms with E-state index in [0.717, 1.165) is 37.3 Å². The minimum atomic E-state index is -1.18. The number of rotatable bonds is 25. The van der Waals surface area contributed by atoms with Gasteiger partial charge in [0.15, 0.2) is 15.8 Å². The predicted molar refractivity (Wildman–Crippen MR) is 497 cm³/mol. The van der Waals surface area contributed by atoms with Crippen LogP contribution >= 0.6 is 39.1 Å². The largest absolute Gasteiger partial charge is 0.506 e. The number of aromatic hydroxyl groups is 3. The molecule has 56 heteroatoms. The van der Waals surface area contributed by atoms with Crippen molar-refractivity contribution in [1.29, 1.82) is 0 Å². The van der Waals surface area contributed by atoms with Crippen LogP contribution in [-0.4, -0.2) is 89.2 Å². The fraction of sp³-hybridized carbons (Fsp3) is 0.0488. The van der Waals surface area contributed by atoms with Crippen molar-refractivity contribution in [2.45, 2.75) is 27.7 Å². The molecular weight excluding hydrogens is 1950 g/mol. The second-order valence-electron chi connectivity index (χ2n) is 27.2. The Balaban J connectivity index is 0.000000239. The number of nitro benzene ring substituents is 15. The number of non-ortho nitro benzene ring substituents is 5. The van der Waals surface area contributed by atoms with Crippen LogP contribution in [0.3, 0.4) is 0 Å². The molecule has 0 aromatic heterocycles. The van der Waals surface area contributed by atoms with Crippen molar-refractivity contribution in [2.75, 3.05) is 20.9 Å². The monoisotopic (exact) mass is 2000 g/mol. The number of para-hydroxylation sites is 8. The lowest BCUT2D eigenvalue weighted by atomic mass is 10.1. The highest BCUT2D eigenvalue weighted by Crippen LogP contribution is 2.54. The predicted octanol–water partition coefficient (Wildman–Crippen LogP) is 22.9. The van der Waals surface area contributed by atoms with E-state index in [9.17, 15) is 162 Å². The number of benzene rings is 13. The van der Waals surface area contributed by atoms with Gasteiger partial charge < -0.3 is 31.1 Å². The maximum Gasteiger partial charge on any atom is 0.325 e. The molecule has 0 saturated carbocycles. The second kappa shape index (κ2) is 47.2. The molecule has 0 fully saturated rings. The van der Waals surface area contributed by atoms with Crippen molar-refractivity contribution in [3.05, 3.63) is 443 Å². The standard InChI is InChI=1S/C25H15N7O13.C19H14N4O7.C13H13NO.C7H7Br.2C6H2ClN3O6.C6H7NO/c1-14-6-8-15(9-7-14)26(24-19(29(37)38)10-16(27(33)34)11-20(24)30(39)40)18-4-2-3-5-23(18)45-25-21(31(41)42)12-17(28(35)36)13-22(25)32(43)44;1-12-6-8-13(9-7-12)20(15-4-2-3-5-18(15)24)19-16(22(27)28)10-14(21(25)26)11-17(19)23(29)30;1-10-6-8-11(9-7-10)14-12-4-2-3-5-13(12)15;1-6-2-4-7(8)5-3-6;2*7-6-4(9(13)14)1-3(8(11)12)2-5(6)10(15)16;7-5-3-1-2-4-6(5)8/h2-13H,1H3;2-11,24H,1H3;2-9,14-15H,1H3;2-5H,1H3;2*1-2H;1-4,8H,7H2. The number of nitrogen functional groups attached to an aromatic ring is 1. The summed E-state index contributed by atoms with van der Waals surface area (Å²) in [5.41, 5.74) is -3.82. The minimum Gasteiger partial charge on any atom is -0.506 e. The minimum absolute atomic E-state index is 0.00408. The van der Waals surface area contributed by atoms with Crippen molar-refractivity contribution < 1.29 is 93.9 Å². The quantitative estimate of drug-likeness (QED) is 0.0153. The van der Waals surface area contributed by atoms with E-state index in [4.69, 9.17) is 38.8 Å². The fourth-order valence-electron chi connectivity index (χ4n) is 11.4. The van der Waals surface area contributed by atoms with Crippen LogP contribution in [0.5, 0.6) is 28.7 Å². The van der Waals surface area contributed by atoms with Gasteiger partial charge in [-0.2, -0.15) is 0 Å². The molecule has 0 unspecified atom stereocenters. The Morgan fingerprint density at radius 2 is 0.551 bits per heavy atom. The van der Waals surface area contributed by atoms with Crippen molar-refractivity contribution in [3.8, 4) is 28.7 Å². The molecule has 6 N–H and O–H groups in total. The number of nitrogens with one attached hydrogen (secondary N) is 1. The van der Waals surface area contributed by atoms with Gasteiger partial charge in [-0.1, -0.05) is 158 Å². The van der Waals surface area contributed by atoms with Gasteiger partial charge >= 0.3 is 56.9 Å². The summed E-state index contributed by atoms with van der Waals surface area (Å²) in [6.07, 6.45) is 0. The molecule has 0 aliphatic rings. The summed E-state index contributed by atoms with van der Waals surface area (Å²) in [7, 11) is 0. The first kappa shape index (κ1) is 105. The zero-order valence-electron chi connectivity index (χ0n) is 70.1. The van der Waals surface area contributed by atoms with Gasteiger partial charge in [0.05, 0.1) is 157 Å². The Hall–Kier alpha value is -19.7. The molecule has 708 valence electrons. The molecule has 0 aliphatic heterocycles. The summed E-state index contributed by atoms with van der Waals surface area (Å²) in [6.45, 7) is 7.62. The SMILES string of the molecule is Cc1ccc(Br)cc1.Cc1ccc(N(c2ccccc2O)c2c([N+](=O)[O-])cc([N+](=O)[O-])cc2[N+](=O)[O-])cc1.Cc1ccc(N(c2ccccc2Oc2c([N+](=O)[O-])cc([N+](=O)[O-])cc2[N+](=O)[O-])c2c([N+](=O)[O-])cc([N+](=O)[O-])cc2[N+](=O)[O-])cc1.Cc1ccc(Nc2ccccc2O)cc1.Nc1ccccc1O.O=[N+]([O-])c1cc([N+](=O)[O-])c(Cl)c([N+](=O)[O-])c1.O=[N+]([O-])c1cc([N+](=O)[O-])c(Cl)c([N+](=O)[O-])c1. The summed E-state index contributed by atoms with van der Waals surface area (Å²) in [4.78, 5) is 155. The lowest BCUT2D eigenvalue weighted by Crippen LogP contribution is -2.15. The number of halogens is 3. The second-order valence-corrected chi connectivity index (χ2v) is 28.9. The molecule has 0 saturated heterocycles. The lowest BCUT2D eigenvalue weighted by Gasteiger charge is -2.26. The third-order valence-electron chi connectivity index (χ3n) is 17.9. The summed E-state index contributed by atoms with van der Waals surface area (Å²) in [5, 5.41) is 198. The number of ether oxygens (including phenoxy) is 1. The van der Waals surface area contributed by atoms with Crippen molar-refractivity contribution in [3.63, 3.8) is 0 Å². The zero-order valence-corrected chi connectivity index (χ0v) is 73.2. The van der Waals surface area contributed by atoms with Crippen LogP contribution in [0.15, 0.2) is 259 Å². The summed E-state index contributed by atoms with van der Waals surface area (Å²) < 4.78 is 6.79. The van der Waals surface area contributed by atoms with E-state index in [1.54, 1.807) is 73.7 Å². The number of aryl methyl sites for hydroxylation is 4. The van der Waals surface area contributed by atoms with Crippen molar-refractivity contribution in [1.82, 2.24) is 0 Å². The highest BCUT2D eigenvalue weighted by molar-refractivity contribution is 9.10. The van der Waals surface area contributed by atoms with Gasteiger partial charge in [0.1, 0.15) is 17.2 Å². The number of hydrogen-bond acceptors (Lipinski definition) is 38. The van der Waals surface area contributed by atoms with Gasteiger partial charge in [0.25, 0.3) is 34.2 Å². The van der Waals surface area contributed by atoms with E-state index in [0.29, 0.717) is 71.9 Å². The average molecular weight is 2010 g/mol. The van der Waals surface area contributed by atoms with Gasteiger partial charge in [-0.25, -0.2) is 0 Å². The first-order chi connectivity index (χ1) is 64.9. The van der Waals surface area contributed by atoms with Gasteiger partial charge in [-0.3, -0.25) is 162 Å². The van der Waals surface area contributed by atoms with Crippen LogP contribution in [0.25, 0.3) is 0 Å².